The van der Waals surface area contributed by atoms with Gasteiger partial charge in [-0.25, -0.2) is 4.39 Å². The standard InChI is InChI=1S/C20H23BrFN3O2/c1-23-20(25(2)11-15-5-3-4-6-18(15)21)24-8-7-14-9-17(22)10-16-12-26-13-27-19(14)16/h3-6,9-10H,7-8,11-13H2,1-2H3,(H,23,24). The van der Waals surface area contributed by atoms with Gasteiger partial charge in [0.25, 0.3) is 0 Å². The lowest BCUT2D eigenvalue weighted by Crippen LogP contribution is -2.39. The summed E-state index contributed by atoms with van der Waals surface area (Å²) >= 11 is 3.57. The average Bonchev–Trinajstić information content (AvgIpc) is 2.66. The molecule has 0 amide bonds. The summed E-state index contributed by atoms with van der Waals surface area (Å²) < 4.78 is 25.7. The molecule has 5 nitrogen and oxygen atoms in total. The van der Waals surface area contributed by atoms with Gasteiger partial charge < -0.3 is 19.7 Å². The van der Waals surface area contributed by atoms with Crippen LogP contribution >= 0.6 is 15.9 Å². The van der Waals surface area contributed by atoms with Crippen molar-refractivity contribution in [2.45, 2.75) is 19.6 Å². The van der Waals surface area contributed by atoms with E-state index in [0.29, 0.717) is 19.6 Å². The van der Waals surface area contributed by atoms with E-state index in [2.05, 4.69) is 32.3 Å². The van der Waals surface area contributed by atoms with E-state index in [1.165, 1.54) is 17.7 Å². The Morgan fingerprint density at radius 2 is 2.11 bits per heavy atom. The minimum atomic E-state index is -0.270. The molecule has 0 saturated heterocycles. The van der Waals surface area contributed by atoms with E-state index in [0.717, 1.165) is 33.9 Å². The third-order valence-corrected chi connectivity index (χ3v) is 5.14. The fourth-order valence-corrected chi connectivity index (χ4v) is 3.50. The predicted octanol–water partition coefficient (Wildman–Crippen LogP) is 3.70. The smallest absolute Gasteiger partial charge is 0.193 e. The number of halogens is 2. The Labute approximate surface area is 167 Å². The molecular weight excluding hydrogens is 413 g/mol. The first-order valence-corrected chi connectivity index (χ1v) is 9.55. The highest BCUT2D eigenvalue weighted by Crippen LogP contribution is 2.29. The molecule has 0 fully saturated rings. The van der Waals surface area contributed by atoms with Crippen molar-refractivity contribution in [3.8, 4) is 5.75 Å². The molecule has 0 aromatic heterocycles. The summed E-state index contributed by atoms with van der Waals surface area (Å²) in [5.41, 5.74) is 2.77. The van der Waals surface area contributed by atoms with Crippen LogP contribution in [0.2, 0.25) is 0 Å². The molecule has 2 aromatic rings. The largest absolute Gasteiger partial charge is 0.467 e. The molecule has 0 aliphatic carbocycles. The van der Waals surface area contributed by atoms with Gasteiger partial charge in [0.1, 0.15) is 11.6 Å². The van der Waals surface area contributed by atoms with Gasteiger partial charge in [-0.1, -0.05) is 34.1 Å². The minimum Gasteiger partial charge on any atom is -0.467 e. The molecule has 3 rings (SSSR count). The monoisotopic (exact) mass is 435 g/mol. The third-order valence-electron chi connectivity index (χ3n) is 4.37. The fraction of sp³-hybridized carbons (Fsp3) is 0.350. The quantitative estimate of drug-likeness (QED) is 0.574. The highest BCUT2D eigenvalue weighted by molar-refractivity contribution is 9.10. The van der Waals surface area contributed by atoms with Gasteiger partial charge in [-0.2, -0.15) is 0 Å². The molecule has 0 spiro atoms. The maximum Gasteiger partial charge on any atom is 0.193 e. The van der Waals surface area contributed by atoms with Gasteiger partial charge in [0.2, 0.25) is 0 Å². The van der Waals surface area contributed by atoms with Gasteiger partial charge in [0.05, 0.1) is 6.61 Å². The second-order valence-corrected chi connectivity index (χ2v) is 7.19. The van der Waals surface area contributed by atoms with E-state index < -0.39 is 0 Å². The van der Waals surface area contributed by atoms with Gasteiger partial charge >= 0.3 is 0 Å². The number of nitrogens with zero attached hydrogens (tertiary/aromatic N) is 2. The topological polar surface area (TPSA) is 46.1 Å². The molecule has 27 heavy (non-hydrogen) atoms. The van der Waals surface area contributed by atoms with Crippen molar-refractivity contribution in [1.29, 1.82) is 0 Å². The van der Waals surface area contributed by atoms with Crippen LogP contribution in [0.15, 0.2) is 45.9 Å². The predicted molar refractivity (Wildman–Crippen MR) is 107 cm³/mol. The van der Waals surface area contributed by atoms with Crippen LogP contribution < -0.4 is 10.1 Å². The second kappa shape index (κ2) is 9.19. The first-order chi connectivity index (χ1) is 13.1. The summed E-state index contributed by atoms with van der Waals surface area (Å²) in [6.45, 7) is 1.92. The van der Waals surface area contributed by atoms with E-state index in [4.69, 9.17) is 9.47 Å². The number of aliphatic imine (C=N–C) groups is 1. The number of ether oxygens (including phenoxy) is 2. The molecule has 0 radical (unpaired) electrons. The molecule has 1 aliphatic rings. The van der Waals surface area contributed by atoms with Gasteiger partial charge in [-0.3, -0.25) is 4.99 Å². The Kier molecular flexibility index (Phi) is 6.68. The number of hydrogen-bond acceptors (Lipinski definition) is 3. The molecule has 0 saturated carbocycles. The van der Waals surface area contributed by atoms with Gasteiger partial charge in [-0.05, 0) is 35.7 Å². The zero-order valence-corrected chi connectivity index (χ0v) is 17.1. The van der Waals surface area contributed by atoms with Gasteiger partial charge in [0, 0.05) is 37.2 Å². The van der Waals surface area contributed by atoms with E-state index in [9.17, 15) is 4.39 Å². The lowest BCUT2D eigenvalue weighted by molar-refractivity contribution is -0.0172. The van der Waals surface area contributed by atoms with Crippen molar-refractivity contribution in [3.63, 3.8) is 0 Å². The summed E-state index contributed by atoms with van der Waals surface area (Å²) in [6, 6.07) is 11.1. The number of fused-ring (bicyclic) bond motifs is 1. The Balaban J connectivity index is 1.60. The Morgan fingerprint density at radius 3 is 2.89 bits per heavy atom. The van der Waals surface area contributed by atoms with Crippen LogP contribution in [0.4, 0.5) is 4.39 Å². The Morgan fingerprint density at radius 1 is 1.30 bits per heavy atom. The summed E-state index contributed by atoms with van der Waals surface area (Å²) in [5.74, 6) is 1.24. The summed E-state index contributed by atoms with van der Waals surface area (Å²) in [7, 11) is 3.74. The van der Waals surface area contributed by atoms with Gasteiger partial charge in [-0.15, -0.1) is 0 Å². The number of nitrogens with one attached hydrogen (secondary N) is 1. The highest BCUT2D eigenvalue weighted by atomic mass is 79.9. The molecule has 0 unspecified atom stereocenters. The maximum atomic E-state index is 13.8. The van der Waals surface area contributed by atoms with Crippen LogP contribution in [0.25, 0.3) is 0 Å². The number of guanidine groups is 1. The third kappa shape index (κ3) is 4.99. The number of rotatable bonds is 5. The van der Waals surface area contributed by atoms with E-state index in [1.807, 2.05) is 30.1 Å². The SMILES string of the molecule is CN=C(NCCc1cc(F)cc2c1OCOC2)N(C)Cc1ccccc1Br. The molecule has 7 heteroatoms. The number of hydrogen-bond donors (Lipinski definition) is 1. The average molecular weight is 436 g/mol. The van der Waals surface area contributed by atoms with E-state index in [1.54, 1.807) is 7.05 Å². The molecule has 1 heterocycles. The zero-order valence-electron chi connectivity index (χ0n) is 15.5. The first-order valence-electron chi connectivity index (χ1n) is 8.75. The van der Waals surface area contributed by atoms with Crippen molar-refractivity contribution < 1.29 is 13.9 Å². The molecule has 1 N–H and O–H groups in total. The van der Waals surface area contributed by atoms with Crippen molar-refractivity contribution >= 4 is 21.9 Å². The summed E-state index contributed by atoms with van der Waals surface area (Å²) in [5, 5.41) is 3.34. The molecule has 1 aliphatic heterocycles. The van der Waals surface area contributed by atoms with Crippen LogP contribution in [0.3, 0.4) is 0 Å². The lowest BCUT2D eigenvalue weighted by atomic mass is 10.1. The van der Waals surface area contributed by atoms with Crippen molar-refractivity contribution in [2.75, 3.05) is 27.4 Å². The molecule has 144 valence electrons. The molecule has 0 bridgehead atoms. The molecule has 2 aromatic carbocycles. The summed E-state index contributed by atoms with van der Waals surface area (Å²) in [6.07, 6.45) is 0.627. The highest BCUT2D eigenvalue weighted by Gasteiger charge is 2.17. The van der Waals surface area contributed by atoms with Crippen LogP contribution in [0.1, 0.15) is 16.7 Å². The Hall–Kier alpha value is -2.12. The van der Waals surface area contributed by atoms with Crippen LogP contribution in [-0.4, -0.2) is 38.3 Å². The van der Waals surface area contributed by atoms with E-state index >= 15 is 0 Å². The Bertz CT molecular complexity index is 829. The number of benzene rings is 2. The van der Waals surface area contributed by atoms with Crippen LogP contribution in [-0.2, 0) is 24.3 Å². The lowest BCUT2D eigenvalue weighted by Gasteiger charge is -2.24. The fourth-order valence-electron chi connectivity index (χ4n) is 3.09. The summed E-state index contributed by atoms with van der Waals surface area (Å²) in [4.78, 5) is 6.39. The maximum absolute atomic E-state index is 13.8. The van der Waals surface area contributed by atoms with Crippen LogP contribution in [0, 0.1) is 5.82 Å². The van der Waals surface area contributed by atoms with E-state index in [-0.39, 0.29) is 12.6 Å². The van der Waals surface area contributed by atoms with Crippen LogP contribution in [0.5, 0.6) is 5.75 Å². The second-order valence-electron chi connectivity index (χ2n) is 6.34. The molecule has 0 atom stereocenters. The zero-order chi connectivity index (χ0) is 19.2. The van der Waals surface area contributed by atoms with Crippen molar-refractivity contribution in [2.24, 2.45) is 4.99 Å². The van der Waals surface area contributed by atoms with Gasteiger partial charge in [0.15, 0.2) is 12.8 Å². The normalized spacial score (nSPS) is 13.7. The first kappa shape index (κ1) is 19.6. The van der Waals surface area contributed by atoms with Crippen molar-refractivity contribution in [1.82, 2.24) is 10.2 Å². The van der Waals surface area contributed by atoms with Crippen molar-refractivity contribution in [3.05, 3.63) is 63.4 Å². The molecular formula is C20H23BrFN3O2. The minimum absolute atomic E-state index is 0.204.